The molecule has 0 fully saturated rings. The number of nitrogens with zero attached hydrogens (tertiary/aromatic N) is 5. The predicted octanol–water partition coefficient (Wildman–Crippen LogP) is 10.8. The van der Waals surface area contributed by atoms with E-state index in [9.17, 15) is 15.8 Å². The zero-order valence-corrected chi connectivity index (χ0v) is 26.7. The van der Waals surface area contributed by atoms with Gasteiger partial charge in [0.2, 0.25) is 0 Å². The number of rotatable bonds is 4. The lowest BCUT2D eigenvalue weighted by Gasteiger charge is -2.18. The maximum Gasteiger partial charge on any atom is 0.102 e. The first kappa shape index (κ1) is 28.8. The quantitative estimate of drug-likeness (QED) is 0.193. The van der Waals surface area contributed by atoms with Crippen molar-refractivity contribution in [2.24, 2.45) is 0 Å². The summed E-state index contributed by atoms with van der Waals surface area (Å²) in [4.78, 5) is 0. The van der Waals surface area contributed by atoms with Crippen molar-refractivity contribution in [3.05, 3.63) is 168 Å². The van der Waals surface area contributed by atoms with E-state index in [0.717, 1.165) is 77.2 Å². The van der Waals surface area contributed by atoms with Crippen LogP contribution >= 0.6 is 0 Å². The van der Waals surface area contributed by atoms with Gasteiger partial charge in [-0.1, -0.05) is 97.1 Å². The largest absolute Gasteiger partial charge is 0.309 e. The molecule has 0 aliphatic rings. The third-order valence-electron chi connectivity index (χ3n) is 9.67. The molecule has 0 N–H and O–H groups in total. The van der Waals surface area contributed by atoms with Gasteiger partial charge in [-0.2, -0.15) is 15.8 Å². The Morgan fingerprint density at radius 1 is 0.380 bits per heavy atom. The molecule has 0 saturated carbocycles. The van der Waals surface area contributed by atoms with E-state index in [-0.39, 0.29) is 0 Å². The first-order chi connectivity index (χ1) is 24.7. The zero-order chi connectivity index (χ0) is 33.8. The Balaban J connectivity index is 1.30. The topological polar surface area (TPSA) is 81.2 Å². The second-order valence-corrected chi connectivity index (χ2v) is 12.2. The Hall–Kier alpha value is -7.39. The van der Waals surface area contributed by atoms with Crippen LogP contribution in [0.15, 0.2) is 152 Å². The van der Waals surface area contributed by atoms with E-state index < -0.39 is 0 Å². The zero-order valence-electron chi connectivity index (χ0n) is 26.7. The van der Waals surface area contributed by atoms with E-state index in [1.165, 1.54) is 0 Å². The van der Waals surface area contributed by atoms with Gasteiger partial charge in [-0.3, -0.25) is 0 Å². The second-order valence-electron chi connectivity index (χ2n) is 12.2. The molecule has 2 heterocycles. The van der Waals surface area contributed by atoms with Crippen LogP contribution in [0.25, 0.3) is 77.2 Å². The number of nitriles is 3. The van der Waals surface area contributed by atoms with Gasteiger partial charge < -0.3 is 9.13 Å². The van der Waals surface area contributed by atoms with E-state index in [4.69, 9.17) is 0 Å². The third kappa shape index (κ3) is 4.17. The normalized spacial score (nSPS) is 11.1. The van der Waals surface area contributed by atoms with E-state index in [2.05, 4.69) is 63.7 Å². The lowest BCUT2D eigenvalue weighted by Crippen LogP contribution is -2.01. The Morgan fingerprint density at radius 3 is 1.70 bits per heavy atom. The highest BCUT2D eigenvalue weighted by atomic mass is 15.0. The molecule has 7 aromatic carbocycles. The van der Waals surface area contributed by atoms with Crippen molar-refractivity contribution < 1.29 is 0 Å². The van der Waals surface area contributed by atoms with Gasteiger partial charge in [0.15, 0.2) is 0 Å². The SMILES string of the molecule is N#Cc1ccc2c(c1)c1ccccc1n2-c1ccccc1-c1ccccc1-c1cccc(-n2c3ccccc3c3c(C#N)cccc32)c1C#N. The summed E-state index contributed by atoms with van der Waals surface area (Å²) >= 11 is 0. The summed E-state index contributed by atoms with van der Waals surface area (Å²) in [6, 6.07) is 57.8. The molecule has 5 nitrogen and oxygen atoms in total. The lowest BCUT2D eigenvalue weighted by atomic mass is 9.90. The van der Waals surface area contributed by atoms with Crippen LogP contribution in [0.2, 0.25) is 0 Å². The first-order valence-electron chi connectivity index (χ1n) is 16.3. The van der Waals surface area contributed by atoms with E-state index >= 15 is 0 Å². The van der Waals surface area contributed by atoms with Gasteiger partial charge in [-0.15, -0.1) is 0 Å². The molecule has 9 aromatic rings. The van der Waals surface area contributed by atoms with Crippen LogP contribution < -0.4 is 0 Å². The number of hydrogen-bond donors (Lipinski definition) is 0. The molecule has 0 unspecified atom stereocenters. The van der Waals surface area contributed by atoms with Crippen LogP contribution in [0, 0.1) is 34.0 Å². The highest BCUT2D eigenvalue weighted by Gasteiger charge is 2.22. The molecule has 2 aromatic heterocycles. The number of benzene rings is 7. The Labute approximate surface area is 287 Å². The number of hydrogen-bond acceptors (Lipinski definition) is 3. The molecule has 0 saturated heterocycles. The lowest BCUT2D eigenvalue weighted by molar-refractivity contribution is 1.17. The van der Waals surface area contributed by atoms with Crippen molar-refractivity contribution in [2.75, 3.05) is 0 Å². The van der Waals surface area contributed by atoms with Gasteiger partial charge in [-0.25, -0.2) is 0 Å². The fraction of sp³-hybridized carbons (Fsp3) is 0. The van der Waals surface area contributed by atoms with Crippen molar-refractivity contribution in [2.45, 2.75) is 0 Å². The van der Waals surface area contributed by atoms with Crippen LogP contribution in [0.4, 0.5) is 0 Å². The van der Waals surface area contributed by atoms with Crippen molar-refractivity contribution in [1.82, 2.24) is 9.13 Å². The van der Waals surface area contributed by atoms with Crippen molar-refractivity contribution in [3.63, 3.8) is 0 Å². The van der Waals surface area contributed by atoms with Gasteiger partial charge in [0.1, 0.15) is 6.07 Å². The van der Waals surface area contributed by atoms with Gasteiger partial charge in [0.25, 0.3) is 0 Å². The fourth-order valence-corrected chi connectivity index (χ4v) is 7.59. The van der Waals surface area contributed by atoms with Crippen LogP contribution in [0.3, 0.4) is 0 Å². The van der Waals surface area contributed by atoms with Crippen molar-refractivity contribution in [1.29, 1.82) is 15.8 Å². The van der Waals surface area contributed by atoms with Gasteiger partial charge >= 0.3 is 0 Å². The Bertz CT molecular complexity index is 2970. The summed E-state index contributed by atoms with van der Waals surface area (Å²) in [6.07, 6.45) is 0. The average Bonchev–Trinajstić information content (AvgIpc) is 3.70. The molecule has 50 heavy (non-hydrogen) atoms. The summed E-state index contributed by atoms with van der Waals surface area (Å²) in [5, 5.41) is 34.5. The smallest absolute Gasteiger partial charge is 0.102 e. The van der Waals surface area contributed by atoms with Crippen LogP contribution in [0.1, 0.15) is 16.7 Å². The number of para-hydroxylation sites is 3. The van der Waals surface area contributed by atoms with Gasteiger partial charge in [0, 0.05) is 32.7 Å². The molecule has 0 atom stereocenters. The highest BCUT2D eigenvalue weighted by molar-refractivity contribution is 6.12. The van der Waals surface area contributed by atoms with Gasteiger partial charge in [0.05, 0.1) is 62.3 Å². The maximum absolute atomic E-state index is 10.9. The molecule has 9 rings (SSSR count). The molecule has 0 spiro atoms. The first-order valence-corrected chi connectivity index (χ1v) is 16.3. The summed E-state index contributed by atoms with van der Waals surface area (Å²) < 4.78 is 4.38. The minimum atomic E-state index is 0.545. The second kappa shape index (κ2) is 11.4. The fourth-order valence-electron chi connectivity index (χ4n) is 7.59. The van der Waals surface area contributed by atoms with Crippen LogP contribution in [-0.2, 0) is 0 Å². The standard InChI is InChI=1S/C45H25N5/c46-26-29-23-24-43-37(25-29)35-15-4-7-19-40(35)49(43)39-18-6-3-14-34(39)32-13-2-1-12-31(32)33-17-10-21-42(38(33)28-48)50-41-20-8-5-16-36(41)45-30(27-47)11-9-22-44(45)50/h1-25H. The minimum Gasteiger partial charge on any atom is -0.309 e. The monoisotopic (exact) mass is 635 g/mol. The molecule has 0 aliphatic heterocycles. The van der Waals surface area contributed by atoms with Crippen molar-refractivity contribution >= 4 is 43.6 Å². The summed E-state index contributed by atoms with van der Waals surface area (Å²) in [5.74, 6) is 0. The molecular weight excluding hydrogens is 611 g/mol. The molecule has 0 amide bonds. The van der Waals surface area contributed by atoms with Crippen LogP contribution in [-0.4, -0.2) is 9.13 Å². The molecule has 0 aliphatic carbocycles. The minimum absolute atomic E-state index is 0.545. The Kier molecular flexibility index (Phi) is 6.56. The van der Waals surface area contributed by atoms with E-state index in [1.807, 2.05) is 115 Å². The number of fused-ring (bicyclic) bond motifs is 6. The maximum atomic E-state index is 10.9. The summed E-state index contributed by atoms with van der Waals surface area (Å²) in [7, 11) is 0. The summed E-state index contributed by atoms with van der Waals surface area (Å²) in [6.45, 7) is 0. The predicted molar refractivity (Wildman–Crippen MR) is 200 cm³/mol. The van der Waals surface area contributed by atoms with Crippen LogP contribution in [0.5, 0.6) is 0 Å². The van der Waals surface area contributed by atoms with E-state index in [0.29, 0.717) is 16.7 Å². The average molecular weight is 636 g/mol. The van der Waals surface area contributed by atoms with Gasteiger partial charge in [-0.05, 0) is 65.7 Å². The van der Waals surface area contributed by atoms with Crippen molar-refractivity contribution in [3.8, 4) is 51.8 Å². The molecule has 5 heteroatoms. The van der Waals surface area contributed by atoms with E-state index in [1.54, 1.807) is 0 Å². The molecule has 0 radical (unpaired) electrons. The number of aromatic nitrogens is 2. The highest BCUT2D eigenvalue weighted by Crippen LogP contribution is 2.42. The third-order valence-corrected chi connectivity index (χ3v) is 9.67. The molecule has 230 valence electrons. The molecular formula is C45H25N5. The summed E-state index contributed by atoms with van der Waals surface area (Å²) in [5.41, 5.74) is 11.1. The molecule has 0 bridgehead atoms. The Morgan fingerprint density at radius 2 is 0.940 bits per heavy atom.